The second-order valence-electron chi connectivity index (χ2n) is 7.35. The first-order chi connectivity index (χ1) is 14.9. The highest BCUT2D eigenvalue weighted by Gasteiger charge is 2.40. The molecule has 1 N–H and O–H groups in total. The summed E-state index contributed by atoms with van der Waals surface area (Å²) in [5, 5.41) is 9.98. The highest BCUT2D eigenvalue weighted by Crippen LogP contribution is 2.48. The van der Waals surface area contributed by atoms with Gasteiger partial charge in [-0.05, 0) is 19.8 Å². The van der Waals surface area contributed by atoms with Crippen LogP contribution in [0.5, 0.6) is 11.5 Å². The number of furan rings is 1. The van der Waals surface area contributed by atoms with Gasteiger partial charge in [0.2, 0.25) is 0 Å². The van der Waals surface area contributed by atoms with E-state index >= 15 is 0 Å². The van der Waals surface area contributed by atoms with Crippen LogP contribution in [-0.2, 0) is 0 Å². The molecule has 1 aliphatic carbocycles. The topological polar surface area (TPSA) is 103 Å². The maximum atomic E-state index is 13.5. The fourth-order valence-corrected chi connectivity index (χ4v) is 3.92. The van der Waals surface area contributed by atoms with E-state index in [0.717, 1.165) is 0 Å². The number of benzene rings is 2. The molecule has 160 valence electrons. The van der Waals surface area contributed by atoms with Gasteiger partial charge in [0.05, 0.1) is 29.7 Å². The average molecular weight is 422 g/mol. The van der Waals surface area contributed by atoms with Crippen molar-refractivity contribution in [1.82, 2.24) is 0 Å². The number of fused-ring (bicyclic) bond motifs is 3. The van der Waals surface area contributed by atoms with Crippen molar-refractivity contribution < 1.29 is 33.4 Å². The molecular weight excluding hydrogens is 400 g/mol. The minimum atomic E-state index is -1.21. The van der Waals surface area contributed by atoms with Gasteiger partial charge < -0.3 is 19.0 Å². The van der Waals surface area contributed by atoms with E-state index in [1.54, 1.807) is 24.3 Å². The van der Waals surface area contributed by atoms with Crippen LogP contribution in [0.3, 0.4) is 0 Å². The van der Waals surface area contributed by atoms with E-state index in [-0.39, 0.29) is 75.0 Å². The van der Waals surface area contributed by atoms with Crippen LogP contribution in [0.2, 0.25) is 0 Å². The lowest BCUT2D eigenvalue weighted by Gasteiger charge is -2.23. The first-order valence-corrected chi connectivity index (χ1v) is 10.2. The fraction of sp³-hybridized carbons (Fsp3) is 0.292. The summed E-state index contributed by atoms with van der Waals surface area (Å²) in [5.74, 6) is -1.73. The molecule has 3 aromatic rings. The maximum absolute atomic E-state index is 13.5. The summed E-state index contributed by atoms with van der Waals surface area (Å²) in [4.78, 5) is 39.1. The zero-order valence-corrected chi connectivity index (χ0v) is 17.5. The molecule has 1 aromatic heterocycles. The van der Waals surface area contributed by atoms with Crippen molar-refractivity contribution in [2.75, 3.05) is 13.2 Å². The number of carboxylic acid groups (broad SMARTS) is 1. The zero-order chi connectivity index (χ0) is 22.3. The molecule has 0 radical (unpaired) electrons. The Morgan fingerprint density at radius 3 is 1.97 bits per heavy atom. The van der Waals surface area contributed by atoms with Crippen LogP contribution in [0.4, 0.5) is 0 Å². The standard InChI is InChI=1S/C24H22O7/c1-4-10-29-21-16-17(20(26)14-9-7-6-8-13(14)19(16)25)22(30-11-5-2)23-18(21)15(24(27)28)12(3)31-23/h6-9H,4-5,10-11H2,1-3H3,(H,27,28). The Balaban J connectivity index is 2.18. The van der Waals surface area contributed by atoms with Crippen molar-refractivity contribution in [3.63, 3.8) is 0 Å². The molecule has 0 aliphatic heterocycles. The van der Waals surface area contributed by atoms with Gasteiger partial charge in [0.15, 0.2) is 22.9 Å². The third-order valence-electron chi connectivity index (χ3n) is 5.21. The second kappa shape index (κ2) is 7.91. The summed E-state index contributed by atoms with van der Waals surface area (Å²) in [5.41, 5.74) is 0.599. The van der Waals surface area contributed by atoms with Gasteiger partial charge in [-0.3, -0.25) is 9.59 Å². The van der Waals surface area contributed by atoms with Gasteiger partial charge in [-0.15, -0.1) is 0 Å². The van der Waals surface area contributed by atoms with E-state index in [1.807, 2.05) is 13.8 Å². The summed E-state index contributed by atoms with van der Waals surface area (Å²) in [6.45, 7) is 5.82. The van der Waals surface area contributed by atoms with Crippen LogP contribution in [0.15, 0.2) is 28.7 Å². The number of carboxylic acids is 1. The number of hydrogen-bond donors (Lipinski definition) is 1. The van der Waals surface area contributed by atoms with E-state index in [0.29, 0.717) is 12.8 Å². The quantitative estimate of drug-likeness (QED) is 0.457. The third-order valence-corrected chi connectivity index (χ3v) is 5.21. The lowest BCUT2D eigenvalue weighted by Crippen LogP contribution is -2.23. The SMILES string of the molecule is CCCOc1c2c(c(OCCC)c3c(C(=O)O)c(C)oc13)C(=O)c1ccccc1C2=O. The van der Waals surface area contributed by atoms with Crippen molar-refractivity contribution >= 4 is 28.5 Å². The van der Waals surface area contributed by atoms with Crippen molar-refractivity contribution in [2.45, 2.75) is 33.6 Å². The van der Waals surface area contributed by atoms with Crippen LogP contribution in [0.25, 0.3) is 11.0 Å². The highest BCUT2D eigenvalue weighted by molar-refractivity contribution is 6.33. The summed E-state index contributed by atoms with van der Waals surface area (Å²) in [6, 6.07) is 6.54. The molecular formula is C24H22O7. The lowest BCUT2D eigenvalue weighted by molar-refractivity contribution is 0.0696. The summed E-state index contributed by atoms with van der Waals surface area (Å²) < 4.78 is 17.6. The normalized spacial score (nSPS) is 12.6. The Morgan fingerprint density at radius 2 is 1.45 bits per heavy atom. The van der Waals surface area contributed by atoms with Gasteiger partial charge in [-0.1, -0.05) is 38.1 Å². The number of carbonyl (C=O) groups is 3. The molecule has 0 bridgehead atoms. The van der Waals surface area contributed by atoms with Crippen LogP contribution < -0.4 is 9.47 Å². The third kappa shape index (κ3) is 3.08. The minimum Gasteiger partial charge on any atom is -0.492 e. The Hall–Kier alpha value is -3.61. The summed E-state index contributed by atoms with van der Waals surface area (Å²) in [6.07, 6.45) is 1.27. The van der Waals surface area contributed by atoms with E-state index < -0.39 is 11.8 Å². The van der Waals surface area contributed by atoms with E-state index in [1.165, 1.54) is 6.92 Å². The van der Waals surface area contributed by atoms with Crippen LogP contribution in [0, 0.1) is 6.92 Å². The second-order valence-corrected chi connectivity index (χ2v) is 7.35. The maximum Gasteiger partial charge on any atom is 0.340 e. The van der Waals surface area contributed by atoms with Crippen LogP contribution in [-0.4, -0.2) is 35.9 Å². The largest absolute Gasteiger partial charge is 0.492 e. The number of ether oxygens (including phenoxy) is 2. The number of ketones is 2. The summed E-state index contributed by atoms with van der Waals surface area (Å²) >= 11 is 0. The van der Waals surface area contributed by atoms with Gasteiger partial charge in [0, 0.05) is 11.1 Å². The molecule has 0 unspecified atom stereocenters. The Labute approximate surface area is 178 Å². The van der Waals surface area contributed by atoms with Crippen molar-refractivity contribution in [3.05, 3.63) is 57.8 Å². The molecule has 4 rings (SSSR count). The van der Waals surface area contributed by atoms with Gasteiger partial charge in [0.1, 0.15) is 17.1 Å². The fourth-order valence-electron chi connectivity index (χ4n) is 3.92. The molecule has 0 saturated carbocycles. The highest BCUT2D eigenvalue weighted by atomic mass is 16.5. The van der Waals surface area contributed by atoms with Crippen molar-refractivity contribution in [2.24, 2.45) is 0 Å². The van der Waals surface area contributed by atoms with Crippen LogP contribution >= 0.6 is 0 Å². The summed E-state index contributed by atoms with van der Waals surface area (Å²) in [7, 11) is 0. The number of hydrogen-bond acceptors (Lipinski definition) is 6. The molecule has 31 heavy (non-hydrogen) atoms. The van der Waals surface area contributed by atoms with E-state index in [4.69, 9.17) is 13.9 Å². The predicted octanol–water partition coefficient (Wildman–Crippen LogP) is 4.79. The van der Waals surface area contributed by atoms with Gasteiger partial charge in [0.25, 0.3) is 0 Å². The first-order valence-electron chi connectivity index (χ1n) is 10.2. The zero-order valence-electron chi connectivity index (χ0n) is 17.5. The molecule has 7 heteroatoms. The average Bonchev–Trinajstić information content (AvgIpc) is 3.11. The Kier molecular flexibility index (Phi) is 5.27. The molecule has 0 atom stereocenters. The molecule has 0 saturated heterocycles. The molecule has 2 aromatic carbocycles. The number of aryl methyl sites for hydroxylation is 1. The predicted molar refractivity (Wildman–Crippen MR) is 113 cm³/mol. The van der Waals surface area contributed by atoms with Gasteiger partial charge in [-0.2, -0.15) is 0 Å². The monoisotopic (exact) mass is 422 g/mol. The van der Waals surface area contributed by atoms with E-state index in [9.17, 15) is 19.5 Å². The van der Waals surface area contributed by atoms with E-state index in [2.05, 4.69) is 0 Å². The lowest BCUT2D eigenvalue weighted by atomic mass is 9.82. The van der Waals surface area contributed by atoms with Crippen LogP contribution in [0.1, 0.15) is 74.7 Å². The minimum absolute atomic E-state index is 0.0269. The number of carbonyl (C=O) groups excluding carboxylic acids is 2. The number of rotatable bonds is 7. The van der Waals surface area contributed by atoms with Crippen molar-refractivity contribution in [3.8, 4) is 11.5 Å². The Morgan fingerprint density at radius 1 is 0.935 bits per heavy atom. The first kappa shape index (κ1) is 20.7. The molecule has 0 amide bonds. The molecule has 1 heterocycles. The Bertz CT molecular complexity index is 1230. The number of aromatic carboxylic acids is 1. The molecule has 1 aliphatic rings. The molecule has 7 nitrogen and oxygen atoms in total. The van der Waals surface area contributed by atoms with Crippen molar-refractivity contribution in [1.29, 1.82) is 0 Å². The molecule has 0 spiro atoms. The van der Waals surface area contributed by atoms with Gasteiger partial charge >= 0.3 is 5.97 Å². The van der Waals surface area contributed by atoms with Gasteiger partial charge in [-0.25, -0.2) is 4.79 Å². The smallest absolute Gasteiger partial charge is 0.340 e. The molecule has 0 fully saturated rings.